The van der Waals surface area contributed by atoms with Gasteiger partial charge in [0.1, 0.15) is 5.75 Å². The number of para-hydroxylation sites is 1. The van der Waals surface area contributed by atoms with Crippen molar-refractivity contribution in [2.45, 2.75) is 19.3 Å². The highest BCUT2D eigenvalue weighted by Crippen LogP contribution is 2.26. The first-order valence-corrected chi connectivity index (χ1v) is 7.56. The summed E-state index contributed by atoms with van der Waals surface area (Å²) < 4.78 is 5.09. The van der Waals surface area contributed by atoms with E-state index in [0.29, 0.717) is 18.4 Å². The van der Waals surface area contributed by atoms with Crippen LogP contribution in [0.2, 0.25) is 0 Å². The smallest absolute Gasteiger partial charge is 0.240 e. The van der Waals surface area contributed by atoms with E-state index in [2.05, 4.69) is 10.5 Å². The molecule has 6 heteroatoms. The predicted octanol–water partition coefficient (Wildman–Crippen LogP) is 2.58. The van der Waals surface area contributed by atoms with Crippen LogP contribution in [-0.2, 0) is 11.2 Å². The lowest BCUT2D eigenvalue weighted by atomic mass is 10.1. The van der Waals surface area contributed by atoms with E-state index in [-0.39, 0.29) is 17.4 Å². The molecule has 3 N–H and O–H groups in total. The molecule has 6 nitrogen and oxygen atoms in total. The molecule has 0 aliphatic carbocycles. The molecule has 0 radical (unpaired) electrons. The number of nitrogens with one attached hydrogen (secondary N) is 1. The average Bonchev–Trinajstić information content (AvgIpc) is 2.59. The highest BCUT2D eigenvalue weighted by molar-refractivity contribution is 5.86. The summed E-state index contributed by atoms with van der Waals surface area (Å²) in [6, 6.07) is 12.2. The maximum absolute atomic E-state index is 11.7. The number of aryl methyl sites for hydroxylation is 1. The number of methoxy groups -OCH3 is 1. The fourth-order valence-electron chi connectivity index (χ4n) is 2.13. The lowest BCUT2D eigenvalue weighted by molar-refractivity contribution is -0.121. The van der Waals surface area contributed by atoms with Gasteiger partial charge in [-0.1, -0.05) is 18.2 Å². The van der Waals surface area contributed by atoms with Crippen molar-refractivity contribution < 1.29 is 19.7 Å². The van der Waals surface area contributed by atoms with Gasteiger partial charge in [-0.15, -0.1) is 0 Å². The molecule has 1 amide bonds. The minimum Gasteiger partial charge on any atom is -0.504 e. The van der Waals surface area contributed by atoms with Crippen LogP contribution < -0.4 is 10.2 Å². The van der Waals surface area contributed by atoms with Gasteiger partial charge >= 0.3 is 0 Å². The second-order valence-electron chi connectivity index (χ2n) is 5.21. The Morgan fingerprint density at radius 1 is 1.21 bits per heavy atom. The van der Waals surface area contributed by atoms with E-state index in [1.807, 2.05) is 24.3 Å². The predicted molar refractivity (Wildman–Crippen MR) is 91.4 cm³/mol. The average molecular weight is 328 g/mol. The molecule has 0 aliphatic rings. The Labute approximate surface area is 140 Å². The molecule has 2 rings (SSSR count). The number of nitrogens with zero attached hydrogens (tertiary/aromatic N) is 1. The lowest BCUT2D eigenvalue weighted by Gasteiger charge is -2.04. The van der Waals surface area contributed by atoms with Crippen LogP contribution in [0.25, 0.3) is 0 Å². The molecule has 24 heavy (non-hydrogen) atoms. The number of phenolic OH excluding ortho intramolecular Hbond substituents is 2. The van der Waals surface area contributed by atoms with Crippen LogP contribution in [-0.4, -0.2) is 29.4 Å². The lowest BCUT2D eigenvalue weighted by Crippen LogP contribution is -2.17. The number of carbonyl (C=O) groups is 1. The van der Waals surface area contributed by atoms with Crippen molar-refractivity contribution in [2.75, 3.05) is 7.11 Å². The Kier molecular flexibility index (Phi) is 6.19. The molecular formula is C18H20N2O4. The normalized spacial score (nSPS) is 10.7. The first-order valence-electron chi connectivity index (χ1n) is 7.56. The van der Waals surface area contributed by atoms with Gasteiger partial charge in [-0.25, -0.2) is 5.43 Å². The van der Waals surface area contributed by atoms with Crippen LogP contribution in [0.4, 0.5) is 0 Å². The van der Waals surface area contributed by atoms with E-state index in [9.17, 15) is 15.0 Å². The molecule has 2 aromatic carbocycles. The minimum atomic E-state index is -0.269. The number of hydrazone groups is 1. The van der Waals surface area contributed by atoms with Crippen molar-refractivity contribution in [3.63, 3.8) is 0 Å². The molecule has 0 heterocycles. The first kappa shape index (κ1) is 17.3. The van der Waals surface area contributed by atoms with Crippen molar-refractivity contribution in [3.8, 4) is 17.2 Å². The van der Waals surface area contributed by atoms with E-state index in [4.69, 9.17) is 4.74 Å². The topological polar surface area (TPSA) is 91.2 Å². The molecule has 0 spiro atoms. The van der Waals surface area contributed by atoms with E-state index in [1.165, 1.54) is 12.3 Å². The molecule has 0 bridgehead atoms. The Balaban J connectivity index is 1.75. The van der Waals surface area contributed by atoms with Gasteiger partial charge in [0.15, 0.2) is 11.5 Å². The third kappa shape index (κ3) is 5.01. The third-order valence-corrected chi connectivity index (χ3v) is 3.47. The van der Waals surface area contributed by atoms with Gasteiger partial charge < -0.3 is 14.9 Å². The standard InChI is InChI=1S/C18H20N2O4/c1-24-15-10-8-13(9-11-15)4-2-7-17(22)20-19-12-14-5-3-6-16(21)18(14)23/h3,5-6,8-12,21,23H,2,4,7H2,1H3,(H,20,22)/b19-12+. The van der Waals surface area contributed by atoms with Crippen molar-refractivity contribution in [3.05, 3.63) is 53.6 Å². The molecule has 0 saturated heterocycles. The van der Waals surface area contributed by atoms with Crippen molar-refractivity contribution in [1.29, 1.82) is 0 Å². The third-order valence-electron chi connectivity index (χ3n) is 3.47. The zero-order valence-corrected chi connectivity index (χ0v) is 13.4. The van der Waals surface area contributed by atoms with Crippen LogP contribution in [0, 0.1) is 0 Å². The fourth-order valence-corrected chi connectivity index (χ4v) is 2.13. The summed E-state index contributed by atoms with van der Waals surface area (Å²) in [5.41, 5.74) is 3.86. The van der Waals surface area contributed by atoms with E-state index in [1.54, 1.807) is 19.2 Å². The quantitative estimate of drug-likeness (QED) is 0.414. The largest absolute Gasteiger partial charge is 0.504 e. The zero-order valence-electron chi connectivity index (χ0n) is 13.4. The summed E-state index contributed by atoms with van der Waals surface area (Å²) in [6.07, 6.45) is 3.12. The molecule has 0 unspecified atom stereocenters. The number of amides is 1. The number of ether oxygens (including phenoxy) is 1. The van der Waals surface area contributed by atoms with Gasteiger partial charge in [0.2, 0.25) is 5.91 Å². The molecule has 0 saturated carbocycles. The van der Waals surface area contributed by atoms with Crippen molar-refractivity contribution in [1.82, 2.24) is 5.43 Å². The summed E-state index contributed by atoms with van der Waals surface area (Å²) in [5.74, 6) is 0.0974. The van der Waals surface area contributed by atoms with Crippen LogP contribution >= 0.6 is 0 Å². The summed E-state index contributed by atoms with van der Waals surface area (Å²) in [7, 11) is 1.62. The Hall–Kier alpha value is -3.02. The fraction of sp³-hybridized carbons (Fsp3) is 0.222. The van der Waals surface area contributed by atoms with Gasteiger partial charge in [0.05, 0.1) is 13.3 Å². The maximum Gasteiger partial charge on any atom is 0.240 e. The van der Waals surface area contributed by atoms with E-state index >= 15 is 0 Å². The second-order valence-corrected chi connectivity index (χ2v) is 5.21. The summed E-state index contributed by atoms with van der Waals surface area (Å²) in [6.45, 7) is 0. The summed E-state index contributed by atoms with van der Waals surface area (Å²) >= 11 is 0. The number of hydrogen-bond donors (Lipinski definition) is 3. The van der Waals surface area contributed by atoms with Crippen LogP contribution in [0.5, 0.6) is 17.2 Å². The molecule has 0 aromatic heterocycles. The van der Waals surface area contributed by atoms with Crippen molar-refractivity contribution in [2.24, 2.45) is 5.10 Å². The van der Waals surface area contributed by atoms with Crippen LogP contribution in [0.3, 0.4) is 0 Å². The Bertz CT molecular complexity index is 711. The number of phenols is 2. The molecule has 0 atom stereocenters. The first-order chi connectivity index (χ1) is 11.6. The molecule has 2 aromatic rings. The monoisotopic (exact) mass is 328 g/mol. The molecule has 126 valence electrons. The highest BCUT2D eigenvalue weighted by atomic mass is 16.5. The number of aromatic hydroxyl groups is 2. The van der Waals surface area contributed by atoms with E-state index in [0.717, 1.165) is 17.7 Å². The van der Waals surface area contributed by atoms with Crippen LogP contribution in [0.1, 0.15) is 24.0 Å². The van der Waals surface area contributed by atoms with E-state index < -0.39 is 0 Å². The van der Waals surface area contributed by atoms with Crippen molar-refractivity contribution >= 4 is 12.1 Å². The molecule has 0 fully saturated rings. The maximum atomic E-state index is 11.7. The summed E-state index contributed by atoms with van der Waals surface area (Å²) in [4.78, 5) is 11.7. The Morgan fingerprint density at radius 3 is 2.67 bits per heavy atom. The van der Waals surface area contributed by atoms with Gasteiger partial charge in [0, 0.05) is 12.0 Å². The highest BCUT2D eigenvalue weighted by Gasteiger charge is 2.04. The van der Waals surface area contributed by atoms with Gasteiger partial charge in [-0.05, 0) is 42.7 Å². The summed E-state index contributed by atoms with van der Waals surface area (Å²) in [5, 5.41) is 22.7. The molecule has 0 aliphatic heterocycles. The SMILES string of the molecule is COc1ccc(CCCC(=O)N/N=C/c2cccc(O)c2O)cc1. The zero-order chi connectivity index (χ0) is 17.4. The van der Waals surface area contributed by atoms with Gasteiger partial charge in [0.25, 0.3) is 0 Å². The molecular weight excluding hydrogens is 308 g/mol. The van der Waals surface area contributed by atoms with Gasteiger partial charge in [-0.2, -0.15) is 5.10 Å². The number of benzene rings is 2. The number of carbonyl (C=O) groups excluding carboxylic acids is 1. The minimum absolute atomic E-state index is 0.209. The van der Waals surface area contributed by atoms with Gasteiger partial charge in [-0.3, -0.25) is 4.79 Å². The number of hydrogen-bond acceptors (Lipinski definition) is 5. The second kappa shape index (κ2) is 8.57. The Morgan fingerprint density at radius 2 is 1.96 bits per heavy atom. The number of rotatable bonds is 7. The van der Waals surface area contributed by atoms with Crippen LogP contribution in [0.15, 0.2) is 47.6 Å².